The van der Waals surface area contributed by atoms with E-state index in [4.69, 9.17) is 14.2 Å². The van der Waals surface area contributed by atoms with Gasteiger partial charge in [0.05, 0.1) is 18.0 Å². The lowest BCUT2D eigenvalue weighted by Gasteiger charge is -2.17. The van der Waals surface area contributed by atoms with Crippen LogP contribution in [0.25, 0.3) is 0 Å². The molecule has 1 heterocycles. The van der Waals surface area contributed by atoms with Crippen molar-refractivity contribution >= 4 is 10.0 Å². The van der Waals surface area contributed by atoms with Crippen LogP contribution in [0.15, 0.2) is 47.4 Å². The molecule has 6 nitrogen and oxygen atoms in total. The summed E-state index contributed by atoms with van der Waals surface area (Å²) in [6, 6.07) is 12.0. The van der Waals surface area contributed by atoms with Gasteiger partial charge in [-0.1, -0.05) is 24.0 Å². The summed E-state index contributed by atoms with van der Waals surface area (Å²) in [6.45, 7) is 6.60. The first kappa shape index (κ1) is 21.0. The fraction of sp³-hybridized carbons (Fsp3) is 0.364. The van der Waals surface area contributed by atoms with Crippen LogP contribution in [0, 0.1) is 11.8 Å². The van der Waals surface area contributed by atoms with E-state index in [9.17, 15) is 8.42 Å². The van der Waals surface area contributed by atoms with Crippen LogP contribution in [0.3, 0.4) is 0 Å². The van der Waals surface area contributed by atoms with Crippen molar-refractivity contribution in [3.63, 3.8) is 0 Å². The minimum Gasteiger partial charge on any atom is -0.494 e. The van der Waals surface area contributed by atoms with E-state index in [2.05, 4.69) is 16.6 Å². The molecular formula is C22H25NO5S. The average molecular weight is 416 g/mol. The fourth-order valence-electron chi connectivity index (χ4n) is 3.02. The molecule has 0 fully saturated rings. The van der Waals surface area contributed by atoms with Gasteiger partial charge in [-0.15, -0.1) is 0 Å². The highest BCUT2D eigenvalue weighted by molar-refractivity contribution is 7.89. The number of para-hydroxylation sites is 1. The van der Waals surface area contributed by atoms with Gasteiger partial charge in [-0.3, -0.25) is 0 Å². The second-order valence-corrected chi connectivity index (χ2v) is 8.92. The fourth-order valence-corrected chi connectivity index (χ4v) is 3.95. The van der Waals surface area contributed by atoms with Crippen molar-refractivity contribution < 1.29 is 22.6 Å². The topological polar surface area (TPSA) is 73.9 Å². The van der Waals surface area contributed by atoms with Crippen LogP contribution in [-0.2, 0) is 16.4 Å². The summed E-state index contributed by atoms with van der Waals surface area (Å²) in [6.07, 6.45) is 0.832. The van der Waals surface area contributed by atoms with Crippen molar-refractivity contribution in [2.75, 3.05) is 19.8 Å². The summed E-state index contributed by atoms with van der Waals surface area (Å²) in [5, 5.41) is 0. The first-order valence-corrected chi connectivity index (χ1v) is 10.9. The predicted octanol–water partition coefficient (Wildman–Crippen LogP) is 3.16. The quantitative estimate of drug-likeness (QED) is 0.703. The van der Waals surface area contributed by atoms with E-state index < -0.39 is 10.0 Å². The zero-order valence-electron chi connectivity index (χ0n) is 16.8. The molecule has 0 radical (unpaired) electrons. The van der Waals surface area contributed by atoms with E-state index in [0.29, 0.717) is 18.1 Å². The summed E-state index contributed by atoms with van der Waals surface area (Å²) >= 11 is 0. The SMILES string of the molecule is CCOc1ccc(S(=O)(=O)NCC#CCOc2cccc3c2OC(C)(C)C3)cc1. The zero-order chi connectivity index (χ0) is 20.9. The number of hydrogen-bond donors (Lipinski definition) is 1. The number of benzene rings is 2. The van der Waals surface area contributed by atoms with Gasteiger partial charge in [0.1, 0.15) is 18.0 Å². The normalized spacial score (nSPS) is 14.3. The number of ether oxygens (including phenoxy) is 3. The van der Waals surface area contributed by atoms with Crippen LogP contribution < -0.4 is 18.9 Å². The Balaban J connectivity index is 1.51. The van der Waals surface area contributed by atoms with Crippen molar-refractivity contribution in [1.29, 1.82) is 0 Å². The molecule has 0 amide bonds. The third-order valence-electron chi connectivity index (χ3n) is 4.28. The number of sulfonamides is 1. The van der Waals surface area contributed by atoms with Crippen molar-refractivity contribution in [1.82, 2.24) is 4.72 Å². The highest BCUT2D eigenvalue weighted by Gasteiger charge is 2.32. The summed E-state index contributed by atoms with van der Waals surface area (Å²) in [5.41, 5.74) is 0.871. The lowest BCUT2D eigenvalue weighted by molar-refractivity contribution is 0.133. The molecule has 29 heavy (non-hydrogen) atoms. The van der Waals surface area contributed by atoms with E-state index in [-0.39, 0.29) is 23.6 Å². The maximum Gasteiger partial charge on any atom is 0.241 e. The Labute approximate surface area is 172 Å². The summed E-state index contributed by atoms with van der Waals surface area (Å²) < 4.78 is 44.0. The number of nitrogens with one attached hydrogen (secondary N) is 1. The van der Waals surface area contributed by atoms with Crippen LogP contribution in [0.1, 0.15) is 26.3 Å². The van der Waals surface area contributed by atoms with Gasteiger partial charge in [0.2, 0.25) is 10.0 Å². The van der Waals surface area contributed by atoms with Crippen molar-refractivity contribution in [3.8, 4) is 29.1 Å². The van der Waals surface area contributed by atoms with Crippen molar-refractivity contribution in [3.05, 3.63) is 48.0 Å². The Morgan fingerprint density at radius 3 is 2.59 bits per heavy atom. The monoisotopic (exact) mass is 415 g/mol. The van der Waals surface area contributed by atoms with Crippen LogP contribution in [-0.4, -0.2) is 33.8 Å². The van der Waals surface area contributed by atoms with Gasteiger partial charge in [-0.05, 0) is 51.1 Å². The molecule has 0 aliphatic carbocycles. The molecule has 2 aromatic rings. The lowest BCUT2D eigenvalue weighted by atomic mass is 10.0. The van der Waals surface area contributed by atoms with Gasteiger partial charge < -0.3 is 14.2 Å². The van der Waals surface area contributed by atoms with Gasteiger partial charge in [0.15, 0.2) is 11.5 Å². The van der Waals surface area contributed by atoms with Crippen LogP contribution in [0.4, 0.5) is 0 Å². The van der Waals surface area contributed by atoms with E-state index in [0.717, 1.165) is 17.7 Å². The van der Waals surface area contributed by atoms with Crippen molar-refractivity contribution in [2.24, 2.45) is 0 Å². The standard InChI is InChI=1S/C22H25NO5S/c1-4-26-18-10-12-19(13-11-18)29(24,25)23-14-5-6-15-27-20-9-7-8-17-16-22(2,3)28-21(17)20/h7-13,23H,4,14-16H2,1-3H3. The van der Waals surface area contributed by atoms with E-state index >= 15 is 0 Å². The second kappa shape index (κ2) is 8.76. The molecule has 154 valence electrons. The van der Waals surface area contributed by atoms with Gasteiger partial charge >= 0.3 is 0 Å². The third kappa shape index (κ3) is 5.43. The summed E-state index contributed by atoms with van der Waals surface area (Å²) in [4.78, 5) is 0.165. The molecule has 1 N–H and O–H groups in total. The maximum atomic E-state index is 12.3. The molecular weight excluding hydrogens is 390 g/mol. The molecule has 0 unspecified atom stereocenters. The summed E-state index contributed by atoms with van der Waals surface area (Å²) in [5.74, 6) is 7.63. The molecule has 1 aliphatic rings. The highest BCUT2D eigenvalue weighted by Crippen LogP contribution is 2.41. The van der Waals surface area contributed by atoms with Gasteiger partial charge in [0, 0.05) is 12.0 Å². The Morgan fingerprint density at radius 2 is 1.86 bits per heavy atom. The van der Waals surface area contributed by atoms with Crippen LogP contribution in [0.2, 0.25) is 0 Å². The van der Waals surface area contributed by atoms with Gasteiger partial charge in [-0.2, -0.15) is 4.72 Å². The molecule has 0 bridgehead atoms. The number of rotatable bonds is 7. The smallest absolute Gasteiger partial charge is 0.241 e. The van der Waals surface area contributed by atoms with Crippen LogP contribution in [0.5, 0.6) is 17.2 Å². The molecule has 3 rings (SSSR count). The maximum absolute atomic E-state index is 12.3. The Hall–Kier alpha value is -2.69. The Kier molecular flexibility index (Phi) is 6.36. The highest BCUT2D eigenvalue weighted by atomic mass is 32.2. The first-order valence-electron chi connectivity index (χ1n) is 9.43. The van der Waals surface area contributed by atoms with Crippen molar-refractivity contribution in [2.45, 2.75) is 37.7 Å². The molecule has 0 saturated heterocycles. The van der Waals surface area contributed by atoms with Gasteiger partial charge in [-0.25, -0.2) is 8.42 Å². The second-order valence-electron chi connectivity index (χ2n) is 7.15. The molecule has 0 saturated carbocycles. The van der Waals surface area contributed by atoms with E-state index in [1.54, 1.807) is 12.1 Å². The first-order chi connectivity index (χ1) is 13.8. The predicted molar refractivity (Wildman–Crippen MR) is 111 cm³/mol. The molecule has 0 aromatic heterocycles. The minimum atomic E-state index is -3.62. The molecule has 0 atom stereocenters. The average Bonchev–Trinajstić information content (AvgIpc) is 3.00. The number of hydrogen-bond acceptors (Lipinski definition) is 5. The largest absolute Gasteiger partial charge is 0.494 e. The molecule has 1 aliphatic heterocycles. The summed E-state index contributed by atoms with van der Waals surface area (Å²) in [7, 11) is -3.62. The number of fused-ring (bicyclic) bond motifs is 1. The Bertz CT molecular complexity index is 1020. The molecule has 2 aromatic carbocycles. The Morgan fingerprint density at radius 1 is 1.10 bits per heavy atom. The third-order valence-corrected chi connectivity index (χ3v) is 5.69. The lowest BCUT2D eigenvalue weighted by Crippen LogP contribution is -2.24. The molecule has 0 spiro atoms. The van der Waals surface area contributed by atoms with Crippen LogP contribution >= 0.6 is 0 Å². The molecule has 7 heteroatoms. The van der Waals surface area contributed by atoms with E-state index in [1.165, 1.54) is 12.1 Å². The van der Waals surface area contributed by atoms with Gasteiger partial charge in [0.25, 0.3) is 0 Å². The minimum absolute atomic E-state index is 0.00463. The zero-order valence-corrected chi connectivity index (χ0v) is 17.6. The van der Waals surface area contributed by atoms with E-state index in [1.807, 2.05) is 39.0 Å².